The topological polar surface area (TPSA) is 50.2 Å². The smallest absolute Gasteiger partial charge is 0.365 e. The van der Waals surface area contributed by atoms with Gasteiger partial charge in [-0.05, 0) is 21.8 Å². The number of hydrogen-bond donors (Lipinski definition) is 1. The van der Waals surface area contributed by atoms with E-state index in [1.807, 2.05) is 13.8 Å². The molecule has 1 rings (SSSR count). The minimum absolute atomic E-state index is 0.144. The van der Waals surface area contributed by atoms with Gasteiger partial charge in [-0.2, -0.15) is 0 Å². The fraction of sp³-hybridized carbons (Fsp3) is 0.429. The van der Waals surface area contributed by atoms with Crippen LogP contribution in [-0.4, -0.2) is 16.1 Å². The Morgan fingerprint density at radius 3 is 2.50 bits per heavy atom. The summed E-state index contributed by atoms with van der Waals surface area (Å²) in [5, 5.41) is 8.78. The van der Waals surface area contributed by atoms with Gasteiger partial charge in [0.25, 0.3) is 0 Å². The lowest BCUT2D eigenvalue weighted by atomic mass is 10.2. The van der Waals surface area contributed by atoms with Gasteiger partial charge < -0.3 is 5.11 Å². The molecule has 5 heteroatoms. The molecule has 1 aromatic rings. The average molecular weight is 250 g/mol. The van der Waals surface area contributed by atoms with Gasteiger partial charge in [-0.1, -0.05) is 13.8 Å². The molecule has 0 aliphatic carbocycles. The van der Waals surface area contributed by atoms with Gasteiger partial charge in [0.1, 0.15) is 4.60 Å². The number of aromatic carboxylic acids is 1. The highest BCUT2D eigenvalue weighted by Crippen LogP contribution is 2.30. The number of carboxylic acid groups (broad SMARTS) is 1. The predicted molar refractivity (Wildman–Crippen MR) is 50.9 cm³/mol. The normalized spacial score (nSPS) is 10.7. The van der Waals surface area contributed by atoms with Crippen molar-refractivity contribution in [3.8, 4) is 0 Å². The summed E-state index contributed by atoms with van der Waals surface area (Å²) in [5.41, 5.74) is 0. The Morgan fingerprint density at radius 1 is 1.67 bits per heavy atom. The first-order chi connectivity index (χ1) is 5.52. The van der Waals surface area contributed by atoms with E-state index in [0.29, 0.717) is 10.5 Å². The quantitative estimate of drug-likeness (QED) is 0.877. The third-order valence-corrected chi connectivity index (χ3v) is 3.53. The summed E-state index contributed by atoms with van der Waals surface area (Å²) in [7, 11) is 0. The zero-order valence-corrected chi connectivity index (χ0v) is 9.07. The maximum atomic E-state index is 10.5. The lowest BCUT2D eigenvalue weighted by Crippen LogP contribution is -1.93. The van der Waals surface area contributed by atoms with Crippen LogP contribution in [0.3, 0.4) is 0 Å². The maximum absolute atomic E-state index is 10.5. The number of thiazole rings is 1. The molecule has 0 atom stereocenters. The summed E-state index contributed by atoms with van der Waals surface area (Å²) in [6.45, 7) is 4.01. The Kier molecular flexibility index (Phi) is 2.85. The molecule has 0 aliphatic rings. The van der Waals surface area contributed by atoms with Gasteiger partial charge >= 0.3 is 5.97 Å². The highest BCUT2D eigenvalue weighted by Gasteiger charge is 2.15. The van der Waals surface area contributed by atoms with Crippen LogP contribution < -0.4 is 0 Å². The summed E-state index contributed by atoms with van der Waals surface area (Å²) in [4.78, 5) is 15.4. The molecule has 0 radical (unpaired) electrons. The van der Waals surface area contributed by atoms with Gasteiger partial charge in [-0.3, -0.25) is 0 Å². The van der Waals surface area contributed by atoms with E-state index in [1.54, 1.807) is 0 Å². The van der Waals surface area contributed by atoms with Crippen molar-refractivity contribution in [2.75, 3.05) is 0 Å². The van der Waals surface area contributed by atoms with E-state index in [2.05, 4.69) is 20.9 Å². The summed E-state index contributed by atoms with van der Waals surface area (Å²) in [5.74, 6) is -0.655. The van der Waals surface area contributed by atoms with Crippen molar-refractivity contribution in [2.24, 2.45) is 0 Å². The van der Waals surface area contributed by atoms with Crippen LogP contribution >= 0.6 is 27.3 Å². The number of aromatic nitrogens is 1. The minimum Gasteiger partial charge on any atom is -0.476 e. The number of hydrogen-bond acceptors (Lipinski definition) is 3. The van der Waals surface area contributed by atoms with E-state index in [0.717, 1.165) is 4.88 Å². The second-order valence-electron chi connectivity index (χ2n) is 2.63. The molecule has 1 aromatic heterocycles. The highest BCUT2D eigenvalue weighted by atomic mass is 79.9. The van der Waals surface area contributed by atoms with Crippen molar-refractivity contribution in [3.63, 3.8) is 0 Å². The van der Waals surface area contributed by atoms with Crippen molar-refractivity contribution in [1.29, 1.82) is 0 Å². The van der Waals surface area contributed by atoms with E-state index >= 15 is 0 Å². The van der Waals surface area contributed by atoms with Crippen molar-refractivity contribution in [2.45, 2.75) is 19.8 Å². The molecule has 1 heterocycles. The molecule has 12 heavy (non-hydrogen) atoms. The largest absolute Gasteiger partial charge is 0.476 e. The first kappa shape index (κ1) is 9.67. The van der Waals surface area contributed by atoms with E-state index < -0.39 is 5.97 Å². The van der Waals surface area contributed by atoms with Crippen LogP contribution in [0.15, 0.2) is 4.60 Å². The first-order valence-electron chi connectivity index (χ1n) is 3.42. The first-order valence-corrected chi connectivity index (χ1v) is 5.03. The second kappa shape index (κ2) is 3.53. The molecule has 3 nitrogen and oxygen atoms in total. The van der Waals surface area contributed by atoms with Crippen LogP contribution in [-0.2, 0) is 0 Å². The summed E-state index contributed by atoms with van der Waals surface area (Å²) < 4.78 is 0.653. The number of rotatable bonds is 2. The predicted octanol–water partition coefficient (Wildman–Crippen LogP) is 2.73. The van der Waals surface area contributed by atoms with Crippen molar-refractivity contribution in [3.05, 3.63) is 14.5 Å². The summed E-state index contributed by atoms with van der Waals surface area (Å²) >= 11 is 4.44. The third-order valence-electron chi connectivity index (χ3n) is 1.32. The molecular weight excluding hydrogens is 242 g/mol. The van der Waals surface area contributed by atoms with Gasteiger partial charge in [0.2, 0.25) is 5.01 Å². The number of carbonyl (C=O) groups is 1. The minimum atomic E-state index is -0.965. The van der Waals surface area contributed by atoms with Crippen molar-refractivity contribution < 1.29 is 9.90 Å². The van der Waals surface area contributed by atoms with Crippen LogP contribution in [0, 0.1) is 0 Å². The SMILES string of the molecule is CC(C)c1sc(C(=O)O)nc1Br. The fourth-order valence-corrected chi connectivity index (χ4v) is 2.55. The molecule has 0 saturated carbocycles. The number of carboxylic acids is 1. The standard InChI is InChI=1S/C7H8BrNO2S/c1-3(2)4-5(8)9-6(12-4)7(10)11/h3H,1-2H3,(H,10,11). The third kappa shape index (κ3) is 1.84. The summed E-state index contributed by atoms with van der Waals surface area (Å²) in [6, 6.07) is 0. The molecule has 0 unspecified atom stereocenters. The van der Waals surface area contributed by atoms with Gasteiger partial charge in [0.05, 0.1) is 0 Å². The zero-order valence-electron chi connectivity index (χ0n) is 6.67. The monoisotopic (exact) mass is 249 g/mol. The molecule has 0 spiro atoms. The van der Waals surface area contributed by atoms with Crippen LogP contribution in [0.5, 0.6) is 0 Å². The van der Waals surface area contributed by atoms with Crippen LogP contribution in [0.25, 0.3) is 0 Å². The van der Waals surface area contributed by atoms with E-state index in [4.69, 9.17) is 5.11 Å². The Hall–Kier alpha value is -0.420. The van der Waals surface area contributed by atoms with E-state index in [-0.39, 0.29) is 5.01 Å². The Labute approximate surface area is 82.6 Å². The van der Waals surface area contributed by atoms with Crippen LogP contribution in [0.4, 0.5) is 0 Å². The Balaban J connectivity index is 3.09. The lowest BCUT2D eigenvalue weighted by molar-refractivity contribution is 0.0696. The van der Waals surface area contributed by atoms with E-state index in [9.17, 15) is 4.79 Å². The van der Waals surface area contributed by atoms with Crippen molar-refractivity contribution >= 4 is 33.2 Å². The maximum Gasteiger partial charge on any atom is 0.365 e. The molecule has 0 aliphatic heterocycles. The molecule has 0 aromatic carbocycles. The molecule has 0 fully saturated rings. The second-order valence-corrected chi connectivity index (χ2v) is 4.42. The fourth-order valence-electron chi connectivity index (χ4n) is 0.761. The van der Waals surface area contributed by atoms with Gasteiger partial charge in [0, 0.05) is 4.88 Å². The van der Waals surface area contributed by atoms with Crippen molar-refractivity contribution in [1.82, 2.24) is 4.98 Å². The van der Waals surface area contributed by atoms with Gasteiger partial charge in [-0.25, -0.2) is 9.78 Å². The molecule has 66 valence electrons. The average Bonchev–Trinajstić information content (AvgIpc) is 2.30. The number of nitrogens with zero attached hydrogens (tertiary/aromatic N) is 1. The zero-order chi connectivity index (χ0) is 9.30. The van der Waals surface area contributed by atoms with Gasteiger partial charge in [-0.15, -0.1) is 11.3 Å². The van der Waals surface area contributed by atoms with Crippen LogP contribution in [0.1, 0.15) is 34.4 Å². The Bertz CT molecular complexity index is 308. The molecule has 0 bridgehead atoms. The molecular formula is C7H8BrNO2S. The van der Waals surface area contributed by atoms with Crippen LogP contribution in [0.2, 0.25) is 0 Å². The Morgan fingerprint density at radius 2 is 2.25 bits per heavy atom. The number of halogens is 1. The molecule has 1 N–H and O–H groups in total. The van der Waals surface area contributed by atoms with E-state index in [1.165, 1.54) is 11.3 Å². The van der Waals surface area contributed by atoms with Gasteiger partial charge in [0.15, 0.2) is 0 Å². The molecule has 0 saturated heterocycles. The highest BCUT2D eigenvalue weighted by molar-refractivity contribution is 9.10. The lowest BCUT2D eigenvalue weighted by Gasteiger charge is -1.97. The molecule has 0 amide bonds. The summed E-state index contributed by atoms with van der Waals surface area (Å²) in [6.07, 6.45) is 0.